The molecule has 3 aliphatic carbocycles. The van der Waals surface area contributed by atoms with Crippen LogP contribution in [0.15, 0.2) is 12.1 Å². The van der Waals surface area contributed by atoms with Crippen LogP contribution >= 0.6 is 0 Å². The zero-order chi connectivity index (χ0) is 20.7. The van der Waals surface area contributed by atoms with Crippen LogP contribution in [0, 0.1) is 11.8 Å². The van der Waals surface area contributed by atoms with Gasteiger partial charge >= 0.3 is 6.03 Å². The highest BCUT2D eigenvalue weighted by molar-refractivity contribution is 6.05. The first-order chi connectivity index (χ1) is 14.6. The summed E-state index contributed by atoms with van der Waals surface area (Å²) in [5, 5.41) is 10.7. The average Bonchev–Trinajstić information content (AvgIpc) is 3.12. The molecule has 1 aromatic carbocycles. The van der Waals surface area contributed by atoms with Gasteiger partial charge in [0.15, 0.2) is 0 Å². The SMILES string of the molecule is NC(=O)c1cc2c(cc1C1CCC(NC3CCC4CCCCC4C3)CC1)NC(=O)[N]2. The molecule has 0 spiro atoms. The molecule has 6 heteroatoms. The van der Waals surface area contributed by atoms with E-state index in [-0.39, 0.29) is 6.03 Å². The van der Waals surface area contributed by atoms with Crippen LogP contribution in [-0.4, -0.2) is 24.0 Å². The summed E-state index contributed by atoms with van der Waals surface area (Å²) < 4.78 is 0. The number of nitrogens with two attached hydrogens (primary N) is 1. The van der Waals surface area contributed by atoms with Crippen molar-refractivity contribution in [2.45, 2.75) is 88.6 Å². The lowest BCUT2D eigenvalue weighted by Gasteiger charge is -2.41. The van der Waals surface area contributed by atoms with Gasteiger partial charge in [-0.25, -0.2) is 4.79 Å². The number of urea groups is 1. The van der Waals surface area contributed by atoms with Crippen LogP contribution in [0.1, 0.15) is 92.5 Å². The Morgan fingerprint density at radius 1 is 0.967 bits per heavy atom. The van der Waals surface area contributed by atoms with Crippen LogP contribution in [0.5, 0.6) is 0 Å². The van der Waals surface area contributed by atoms with E-state index in [9.17, 15) is 9.59 Å². The lowest BCUT2D eigenvalue weighted by Crippen LogP contribution is -2.44. The number of hydrogen-bond donors (Lipinski definition) is 3. The number of carbonyl (C=O) groups excluding carboxylic acids is 2. The third kappa shape index (κ3) is 3.94. The van der Waals surface area contributed by atoms with Crippen LogP contribution in [0.4, 0.5) is 16.2 Å². The molecule has 4 aliphatic rings. The molecule has 1 aliphatic heterocycles. The van der Waals surface area contributed by atoms with Gasteiger partial charge in [-0.1, -0.05) is 25.7 Å². The molecule has 4 N–H and O–H groups in total. The quantitative estimate of drug-likeness (QED) is 0.681. The molecule has 5 rings (SSSR count). The summed E-state index contributed by atoms with van der Waals surface area (Å²) in [4.78, 5) is 23.6. The number of fused-ring (bicyclic) bond motifs is 2. The molecule has 30 heavy (non-hydrogen) atoms. The van der Waals surface area contributed by atoms with Gasteiger partial charge in [-0.05, 0) is 80.4 Å². The number of nitrogens with zero attached hydrogens (tertiary/aromatic N) is 1. The van der Waals surface area contributed by atoms with Crippen LogP contribution in [-0.2, 0) is 0 Å². The lowest BCUT2D eigenvalue weighted by molar-refractivity contribution is 0.0998. The molecule has 3 amide bonds. The Bertz CT molecular complexity index is 831. The Labute approximate surface area is 178 Å². The predicted octanol–water partition coefficient (Wildman–Crippen LogP) is 4.54. The maximum atomic E-state index is 12.1. The zero-order valence-electron chi connectivity index (χ0n) is 17.7. The van der Waals surface area contributed by atoms with Gasteiger partial charge in [0, 0.05) is 17.6 Å². The van der Waals surface area contributed by atoms with E-state index >= 15 is 0 Å². The summed E-state index contributed by atoms with van der Waals surface area (Å²) in [5.74, 6) is 1.81. The number of carbonyl (C=O) groups is 2. The van der Waals surface area contributed by atoms with Crippen molar-refractivity contribution in [1.82, 2.24) is 10.6 Å². The molecule has 3 unspecified atom stereocenters. The van der Waals surface area contributed by atoms with Crippen molar-refractivity contribution in [2.24, 2.45) is 17.6 Å². The van der Waals surface area contributed by atoms with Gasteiger partial charge in [-0.3, -0.25) is 4.79 Å². The first kappa shape index (κ1) is 19.9. The van der Waals surface area contributed by atoms with Gasteiger partial charge in [0.2, 0.25) is 5.91 Å². The van der Waals surface area contributed by atoms with E-state index in [1.54, 1.807) is 6.07 Å². The van der Waals surface area contributed by atoms with Crippen LogP contribution < -0.4 is 21.7 Å². The molecule has 1 heterocycles. The zero-order valence-corrected chi connectivity index (χ0v) is 17.7. The van der Waals surface area contributed by atoms with E-state index in [0.717, 1.165) is 43.1 Å². The smallest absolute Gasteiger partial charge is 0.346 e. The molecule has 161 valence electrons. The Hall–Kier alpha value is -2.08. The molecule has 0 saturated heterocycles. The molecule has 1 aromatic rings. The van der Waals surface area contributed by atoms with Crippen molar-refractivity contribution in [3.05, 3.63) is 23.3 Å². The van der Waals surface area contributed by atoms with E-state index in [4.69, 9.17) is 5.73 Å². The van der Waals surface area contributed by atoms with E-state index in [2.05, 4.69) is 16.0 Å². The van der Waals surface area contributed by atoms with E-state index in [0.29, 0.717) is 34.9 Å². The van der Waals surface area contributed by atoms with Gasteiger partial charge in [0.05, 0.1) is 11.4 Å². The van der Waals surface area contributed by atoms with Gasteiger partial charge < -0.3 is 16.4 Å². The van der Waals surface area contributed by atoms with Crippen molar-refractivity contribution >= 4 is 23.3 Å². The van der Waals surface area contributed by atoms with E-state index in [1.807, 2.05) is 6.07 Å². The first-order valence-corrected chi connectivity index (χ1v) is 11.8. The number of primary amides is 1. The second-order valence-electron chi connectivity index (χ2n) is 9.89. The number of nitrogens with one attached hydrogen (secondary N) is 2. The summed E-state index contributed by atoms with van der Waals surface area (Å²) in [5.41, 5.74) is 8.36. The molecular weight excluding hydrogens is 376 g/mol. The second kappa shape index (κ2) is 8.22. The molecule has 3 fully saturated rings. The minimum atomic E-state index is -0.438. The number of anilines is 1. The number of amides is 3. The Morgan fingerprint density at radius 2 is 1.70 bits per heavy atom. The van der Waals surface area contributed by atoms with Crippen molar-refractivity contribution in [3.63, 3.8) is 0 Å². The monoisotopic (exact) mass is 409 g/mol. The molecular formula is C24H33N4O2. The maximum Gasteiger partial charge on any atom is 0.346 e. The number of rotatable bonds is 4. The summed E-state index contributed by atoms with van der Waals surface area (Å²) in [6.07, 6.45) is 14.2. The summed E-state index contributed by atoms with van der Waals surface area (Å²) in [6, 6.07) is 4.49. The van der Waals surface area contributed by atoms with Gasteiger partial charge in [-0.15, -0.1) is 0 Å². The maximum absolute atomic E-state index is 12.1. The largest absolute Gasteiger partial charge is 0.366 e. The molecule has 0 bridgehead atoms. The minimum absolute atomic E-state index is 0.308. The Morgan fingerprint density at radius 3 is 2.47 bits per heavy atom. The molecule has 3 saturated carbocycles. The summed E-state index contributed by atoms with van der Waals surface area (Å²) >= 11 is 0. The molecule has 3 atom stereocenters. The van der Waals surface area contributed by atoms with Gasteiger partial charge in [0.25, 0.3) is 0 Å². The fraction of sp³-hybridized carbons (Fsp3) is 0.667. The van der Waals surface area contributed by atoms with Gasteiger partial charge in [0.1, 0.15) is 0 Å². The lowest BCUT2D eigenvalue weighted by atomic mass is 9.69. The normalized spacial score (nSPS) is 33.2. The molecule has 1 radical (unpaired) electrons. The predicted molar refractivity (Wildman–Crippen MR) is 117 cm³/mol. The Kier molecular flexibility index (Phi) is 5.44. The van der Waals surface area contributed by atoms with Crippen molar-refractivity contribution in [1.29, 1.82) is 0 Å². The standard InChI is InChI=1S/C24H33N4O2/c25-23(29)20-13-22-21(27-24(30)28-22)12-19(20)15-6-8-17(9-7-15)26-18-10-5-14-3-1-2-4-16(14)11-18/h12-18,26H,1-11H2,(H2,25,29)(H,27,30). The van der Waals surface area contributed by atoms with Crippen LogP contribution in [0.25, 0.3) is 0 Å². The Balaban J connectivity index is 1.21. The van der Waals surface area contributed by atoms with E-state index < -0.39 is 5.91 Å². The summed E-state index contributed by atoms with van der Waals surface area (Å²) in [6.45, 7) is 0. The van der Waals surface area contributed by atoms with Gasteiger partial charge in [-0.2, -0.15) is 5.32 Å². The number of hydrogen-bond acceptors (Lipinski definition) is 3. The number of benzene rings is 1. The fourth-order valence-electron chi connectivity index (χ4n) is 6.53. The first-order valence-electron chi connectivity index (χ1n) is 11.8. The third-order valence-electron chi connectivity index (χ3n) is 8.08. The van der Waals surface area contributed by atoms with E-state index in [1.165, 1.54) is 44.9 Å². The highest BCUT2D eigenvalue weighted by atomic mass is 16.2. The van der Waals surface area contributed by atoms with Crippen molar-refractivity contribution in [2.75, 3.05) is 5.32 Å². The fourth-order valence-corrected chi connectivity index (χ4v) is 6.53. The highest BCUT2D eigenvalue weighted by Gasteiger charge is 2.34. The second-order valence-corrected chi connectivity index (χ2v) is 9.89. The topological polar surface area (TPSA) is 98.3 Å². The highest BCUT2D eigenvalue weighted by Crippen LogP contribution is 2.42. The van der Waals surface area contributed by atoms with Crippen LogP contribution in [0.2, 0.25) is 0 Å². The molecule has 6 nitrogen and oxygen atoms in total. The summed E-state index contributed by atoms with van der Waals surface area (Å²) in [7, 11) is 0. The third-order valence-corrected chi connectivity index (χ3v) is 8.08. The average molecular weight is 410 g/mol. The minimum Gasteiger partial charge on any atom is -0.366 e. The van der Waals surface area contributed by atoms with Crippen molar-refractivity contribution in [3.8, 4) is 0 Å². The van der Waals surface area contributed by atoms with Crippen LogP contribution in [0.3, 0.4) is 0 Å². The van der Waals surface area contributed by atoms with Crippen molar-refractivity contribution < 1.29 is 9.59 Å². The molecule has 0 aromatic heterocycles.